The Kier molecular flexibility index (Phi) is 3.05. The Bertz CT molecular complexity index is 326. The normalized spacial score (nSPS) is 16.6. The number of halogens is 1. The van der Waals surface area contributed by atoms with Gasteiger partial charge in [0, 0.05) is 6.54 Å². The van der Waals surface area contributed by atoms with Crippen LogP contribution in [0.5, 0.6) is 5.75 Å². The average molecular weight is 258 g/mol. The van der Waals surface area contributed by atoms with E-state index in [0.717, 1.165) is 29.8 Å². The molecular weight excluding hydrogens is 246 g/mol. The van der Waals surface area contributed by atoms with Crippen LogP contribution in [0, 0.1) is 0 Å². The van der Waals surface area contributed by atoms with E-state index in [0.29, 0.717) is 6.04 Å². The lowest BCUT2D eigenvalue weighted by Gasteiger charge is -2.27. The number of hydrogen-bond acceptors (Lipinski definition) is 3. The van der Waals surface area contributed by atoms with Gasteiger partial charge in [-0.15, -0.1) is 0 Å². The fourth-order valence-corrected chi connectivity index (χ4v) is 1.72. The number of benzene rings is 1. The second kappa shape index (κ2) is 4.29. The summed E-state index contributed by atoms with van der Waals surface area (Å²) in [6.07, 6.45) is 0. The maximum absolute atomic E-state index is 9.44. The van der Waals surface area contributed by atoms with Crippen molar-refractivity contribution in [3.63, 3.8) is 0 Å². The van der Waals surface area contributed by atoms with Crippen molar-refractivity contribution < 1.29 is 9.84 Å². The zero-order chi connectivity index (χ0) is 9.97. The van der Waals surface area contributed by atoms with Crippen LogP contribution < -0.4 is 5.32 Å². The molecular formula is C10H12BrNO2. The molecule has 0 saturated carbocycles. The number of phenols is 1. The highest BCUT2D eigenvalue weighted by Gasteiger charge is 2.17. The smallest absolute Gasteiger partial charge is 0.130 e. The van der Waals surface area contributed by atoms with Crippen molar-refractivity contribution in [2.24, 2.45) is 0 Å². The molecule has 2 N–H and O–H groups in total. The van der Waals surface area contributed by atoms with E-state index in [9.17, 15) is 5.11 Å². The molecule has 0 radical (unpaired) electrons. The van der Waals surface area contributed by atoms with Crippen molar-refractivity contribution in [3.8, 4) is 5.75 Å². The number of ether oxygens (including phenoxy) is 1. The van der Waals surface area contributed by atoms with E-state index in [2.05, 4.69) is 21.2 Å². The lowest BCUT2D eigenvalue weighted by Crippen LogP contribution is -2.45. The largest absolute Gasteiger partial charge is 0.507 e. The summed E-state index contributed by atoms with van der Waals surface area (Å²) in [5, 5.41) is 12.8. The van der Waals surface area contributed by atoms with Crippen LogP contribution >= 0.6 is 15.9 Å². The number of hydrogen-bond donors (Lipinski definition) is 2. The van der Waals surface area contributed by atoms with Gasteiger partial charge in [0.1, 0.15) is 5.75 Å². The zero-order valence-electron chi connectivity index (χ0n) is 7.66. The number of nitrogens with one attached hydrogen (secondary N) is 1. The molecule has 2 rings (SSSR count). The molecule has 0 unspecified atom stereocenters. The predicted molar refractivity (Wildman–Crippen MR) is 57.3 cm³/mol. The number of phenolic OH excluding ortho intramolecular Hbond substituents is 1. The fraction of sp³-hybridized carbons (Fsp3) is 0.400. The Morgan fingerprint density at radius 3 is 2.93 bits per heavy atom. The summed E-state index contributed by atoms with van der Waals surface area (Å²) < 4.78 is 5.82. The summed E-state index contributed by atoms with van der Waals surface area (Å²) in [6.45, 7) is 2.33. The van der Waals surface area contributed by atoms with E-state index in [-0.39, 0.29) is 5.75 Å². The first-order valence-electron chi connectivity index (χ1n) is 4.55. The molecule has 4 heteroatoms. The quantitative estimate of drug-likeness (QED) is 0.866. The standard InChI is InChI=1S/C10H12BrNO2/c11-10-7(2-1-3-9(10)13)4-12-8-5-14-6-8/h1-3,8,12-13H,4-6H2. The molecule has 0 spiro atoms. The predicted octanol–water partition coefficient (Wildman–Crippen LogP) is 1.64. The Hall–Kier alpha value is -0.580. The lowest BCUT2D eigenvalue weighted by atomic mass is 10.2. The monoisotopic (exact) mass is 257 g/mol. The van der Waals surface area contributed by atoms with Crippen molar-refractivity contribution in [1.82, 2.24) is 5.32 Å². The fourth-order valence-electron chi connectivity index (χ4n) is 1.31. The van der Waals surface area contributed by atoms with Gasteiger partial charge in [-0.2, -0.15) is 0 Å². The molecule has 0 amide bonds. The van der Waals surface area contributed by atoms with Gasteiger partial charge in [0.2, 0.25) is 0 Å². The third-order valence-electron chi connectivity index (χ3n) is 2.28. The van der Waals surface area contributed by atoms with Gasteiger partial charge in [0.15, 0.2) is 0 Å². The van der Waals surface area contributed by atoms with E-state index in [1.807, 2.05) is 12.1 Å². The molecule has 1 aromatic carbocycles. The molecule has 1 aromatic rings. The van der Waals surface area contributed by atoms with E-state index >= 15 is 0 Å². The molecule has 1 heterocycles. The van der Waals surface area contributed by atoms with Crippen LogP contribution in [0.1, 0.15) is 5.56 Å². The maximum Gasteiger partial charge on any atom is 0.130 e. The van der Waals surface area contributed by atoms with Crippen LogP contribution in [0.3, 0.4) is 0 Å². The van der Waals surface area contributed by atoms with Gasteiger partial charge in [0.25, 0.3) is 0 Å². The highest BCUT2D eigenvalue weighted by Crippen LogP contribution is 2.27. The first-order valence-corrected chi connectivity index (χ1v) is 5.34. The lowest BCUT2D eigenvalue weighted by molar-refractivity contribution is -0.00580. The second-order valence-corrected chi connectivity index (χ2v) is 4.16. The minimum Gasteiger partial charge on any atom is -0.507 e. The molecule has 0 aromatic heterocycles. The molecule has 1 saturated heterocycles. The third kappa shape index (κ3) is 2.08. The van der Waals surface area contributed by atoms with E-state index in [1.54, 1.807) is 6.07 Å². The Morgan fingerprint density at radius 1 is 1.50 bits per heavy atom. The van der Waals surface area contributed by atoms with E-state index < -0.39 is 0 Å². The van der Waals surface area contributed by atoms with Gasteiger partial charge >= 0.3 is 0 Å². The molecule has 3 nitrogen and oxygen atoms in total. The van der Waals surface area contributed by atoms with Crippen LogP contribution in [-0.2, 0) is 11.3 Å². The molecule has 1 aliphatic heterocycles. The minimum absolute atomic E-state index is 0.286. The Morgan fingerprint density at radius 2 is 2.29 bits per heavy atom. The molecule has 76 valence electrons. The SMILES string of the molecule is Oc1cccc(CNC2COC2)c1Br. The van der Waals surface area contributed by atoms with Crippen LogP contribution in [-0.4, -0.2) is 24.4 Å². The van der Waals surface area contributed by atoms with E-state index in [1.165, 1.54) is 0 Å². The molecule has 0 atom stereocenters. The Labute approximate surface area is 91.2 Å². The van der Waals surface area contributed by atoms with Crippen LogP contribution in [0.15, 0.2) is 22.7 Å². The zero-order valence-corrected chi connectivity index (χ0v) is 9.25. The molecule has 14 heavy (non-hydrogen) atoms. The Balaban J connectivity index is 1.97. The second-order valence-electron chi connectivity index (χ2n) is 3.37. The van der Waals surface area contributed by atoms with Crippen molar-refractivity contribution >= 4 is 15.9 Å². The summed E-state index contributed by atoms with van der Waals surface area (Å²) in [5.41, 5.74) is 1.07. The summed E-state index contributed by atoms with van der Waals surface area (Å²) in [5.74, 6) is 0.286. The molecule has 0 aliphatic carbocycles. The summed E-state index contributed by atoms with van der Waals surface area (Å²) in [4.78, 5) is 0. The van der Waals surface area contributed by atoms with Crippen LogP contribution in [0.2, 0.25) is 0 Å². The molecule has 1 aliphatic rings. The van der Waals surface area contributed by atoms with Gasteiger partial charge < -0.3 is 15.2 Å². The van der Waals surface area contributed by atoms with Crippen LogP contribution in [0.4, 0.5) is 0 Å². The maximum atomic E-state index is 9.44. The van der Waals surface area contributed by atoms with Gasteiger partial charge in [-0.25, -0.2) is 0 Å². The van der Waals surface area contributed by atoms with Gasteiger partial charge in [-0.1, -0.05) is 12.1 Å². The average Bonchev–Trinajstić information content (AvgIpc) is 2.09. The highest BCUT2D eigenvalue weighted by molar-refractivity contribution is 9.10. The van der Waals surface area contributed by atoms with Crippen LogP contribution in [0.25, 0.3) is 0 Å². The van der Waals surface area contributed by atoms with Gasteiger partial charge in [0.05, 0.1) is 23.7 Å². The molecule has 0 bridgehead atoms. The topological polar surface area (TPSA) is 41.5 Å². The van der Waals surface area contributed by atoms with Crippen molar-refractivity contribution in [1.29, 1.82) is 0 Å². The van der Waals surface area contributed by atoms with E-state index in [4.69, 9.17) is 4.74 Å². The first-order chi connectivity index (χ1) is 6.77. The summed E-state index contributed by atoms with van der Waals surface area (Å²) in [6, 6.07) is 5.95. The van der Waals surface area contributed by atoms with Gasteiger partial charge in [-0.05, 0) is 27.6 Å². The first kappa shape index (κ1) is 9.96. The summed E-state index contributed by atoms with van der Waals surface area (Å²) >= 11 is 3.35. The number of rotatable bonds is 3. The van der Waals surface area contributed by atoms with Crippen molar-refractivity contribution in [2.75, 3.05) is 13.2 Å². The minimum atomic E-state index is 0.286. The third-order valence-corrected chi connectivity index (χ3v) is 3.19. The van der Waals surface area contributed by atoms with Crippen molar-refractivity contribution in [2.45, 2.75) is 12.6 Å². The highest BCUT2D eigenvalue weighted by atomic mass is 79.9. The molecule has 1 fully saturated rings. The number of aromatic hydroxyl groups is 1. The van der Waals surface area contributed by atoms with Crippen molar-refractivity contribution in [3.05, 3.63) is 28.2 Å². The summed E-state index contributed by atoms with van der Waals surface area (Å²) in [7, 11) is 0. The van der Waals surface area contributed by atoms with Gasteiger partial charge in [-0.3, -0.25) is 0 Å².